The van der Waals surface area contributed by atoms with Crippen LogP contribution in [0.3, 0.4) is 0 Å². The van der Waals surface area contributed by atoms with Crippen LogP contribution < -0.4 is 0 Å². The smallest absolute Gasteiger partial charge is 0.373 e. The summed E-state index contributed by atoms with van der Waals surface area (Å²) in [5, 5.41) is 0.595. The Bertz CT molecular complexity index is 652. The predicted octanol–water partition coefficient (Wildman–Crippen LogP) is 2.54. The third kappa shape index (κ3) is 3.63. The first kappa shape index (κ1) is 15.1. The summed E-state index contributed by atoms with van der Waals surface area (Å²) in [6.07, 6.45) is 3.44. The summed E-state index contributed by atoms with van der Waals surface area (Å²) in [5.74, 6) is -0.652. The third-order valence-corrected chi connectivity index (χ3v) is 3.29. The van der Waals surface area contributed by atoms with Crippen molar-refractivity contribution in [1.82, 2.24) is 4.98 Å². The molecule has 0 saturated carbocycles. The molecule has 0 atom stereocenters. The molecule has 2 rings (SSSR count). The number of ether oxygens (including phenoxy) is 2. The third-order valence-electron chi connectivity index (χ3n) is 2.58. The molecule has 0 spiro atoms. The van der Waals surface area contributed by atoms with E-state index in [-0.39, 0.29) is 12.4 Å². The van der Waals surface area contributed by atoms with Crippen LogP contribution in [0.2, 0.25) is 0 Å². The zero-order valence-electron chi connectivity index (χ0n) is 11.5. The minimum absolute atomic E-state index is 0.0646. The molecule has 6 nitrogen and oxygen atoms in total. The summed E-state index contributed by atoms with van der Waals surface area (Å²) in [4.78, 5) is 27.3. The minimum atomic E-state index is -0.579. The highest BCUT2D eigenvalue weighted by atomic mass is 32.2. The predicted molar refractivity (Wildman–Crippen MR) is 75.2 cm³/mol. The average Bonchev–Trinajstić information content (AvgIpc) is 3.00. The second kappa shape index (κ2) is 6.94. The van der Waals surface area contributed by atoms with Crippen LogP contribution in [-0.4, -0.2) is 30.3 Å². The highest BCUT2D eigenvalue weighted by molar-refractivity contribution is 7.98. The van der Waals surface area contributed by atoms with Gasteiger partial charge in [-0.1, -0.05) is 0 Å². The van der Waals surface area contributed by atoms with Gasteiger partial charge in [-0.25, -0.2) is 14.6 Å². The number of pyridine rings is 1. The molecule has 0 aromatic carbocycles. The van der Waals surface area contributed by atoms with Gasteiger partial charge in [0.05, 0.1) is 12.7 Å². The standard InChI is InChI=1S/C14H13NO5S/c1-18-14(17)11-6-5-9(20-11)8-19-13(16)10-4-3-7-15-12(10)21-2/h3-7H,8H2,1-2H3. The second-order valence-corrected chi connectivity index (χ2v) is 4.69. The Kier molecular flexibility index (Phi) is 4.99. The number of carbonyl (C=O) groups is 2. The maximum Gasteiger partial charge on any atom is 0.373 e. The Morgan fingerprint density at radius 3 is 2.81 bits per heavy atom. The van der Waals surface area contributed by atoms with E-state index < -0.39 is 11.9 Å². The first-order valence-electron chi connectivity index (χ1n) is 5.99. The van der Waals surface area contributed by atoms with Crippen molar-refractivity contribution in [3.05, 3.63) is 47.5 Å². The molecule has 0 saturated heterocycles. The van der Waals surface area contributed by atoms with Gasteiger partial charge < -0.3 is 13.9 Å². The number of methoxy groups -OCH3 is 1. The number of nitrogens with zero attached hydrogens (tertiary/aromatic N) is 1. The molecule has 0 aliphatic carbocycles. The van der Waals surface area contributed by atoms with Crippen LogP contribution in [0, 0.1) is 0 Å². The molecule has 0 radical (unpaired) electrons. The number of thioether (sulfide) groups is 1. The topological polar surface area (TPSA) is 78.6 Å². The lowest BCUT2D eigenvalue weighted by Gasteiger charge is -2.05. The molecule has 0 N–H and O–H groups in total. The van der Waals surface area contributed by atoms with Crippen molar-refractivity contribution in [2.45, 2.75) is 11.6 Å². The molecule has 0 bridgehead atoms. The zero-order valence-corrected chi connectivity index (χ0v) is 12.3. The van der Waals surface area contributed by atoms with Crippen LogP contribution in [-0.2, 0) is 16.1 Å². The molecule has 0 fully saturated rings. The normalized spacial score (nSPS) is 10.2. The van der Waals surface area contributed by atoms with Crippen LogP contribution >= 0.6 is 11.8 Å². The summed E-state index contributed by atoms with van der Waals surface area (Å²) in [6, 6.07) is 6.33. The fourth-order valence-corrected chi connectivity index (χ4v) is 2.13. The van der Waals surface area contributed by atoms with Crippen molar-refractivity contribution < 1.29 is 23.5 Å². The van der Waals surface area contributed by atoms with Gasteiger partial charge in [0.25, 0.3) is 0 Å². The Balaban J connectivity index is 2.01. The van der Waals surface area contributed by atoms with E-state index in [9.17, 15) is 9.59 Å². The van der Waals surface area contributed by atoms with Crippen LogP contribution in [0.15, 0.2) is 39.9 Å². The van der Waals surface area contributed by atoms with Gasteiger partial charge in [0.2, 0.25) is 5.76 Å². The maximum atomic E-state index is 12.0. The first-order valence-corrected chi connectivity index (χ1v) is 7.21. The van der Waals surface area contributed by atoms with Crippen molar-refractivity contribution in [3.63, 3.8) is 0 Å². The maximum absolute atomic E-state index is 12.0. The number of furan rings is 1. The zero-order chi connectivity index (χ0) is 15.2. The molecule has 2 heterocycles. The number of rotatable bonds is 5. The molecule has 2 aromatic rings. The van der Waals surface area contributed by atoms with Gasteiger partial charge in [0, 0.05) is 6.20 Å². The fraction of sp³-hybridized carbons (Fsp3) is 0.214. The molecule has 0 aliphatic rings. The van der Waals surface area contributed by atoms with Gasteiger partial charge in [0.15, 0.2) is 0 Å². The van der Waals surface area contributed by atoms with Crippen molar-refractivity contribution in [2.75, 3.05) is 13.4 Å². The Morgan fingerprint density at radius 1 is 1.29 bits per heavy atom. The largest absolute Gasteiger partial charge is 0.463 e. The molecule has 0 unspecified atom stereocenters. The lowest BCUT2D eigenvalue weighted by atomic mass is 10.3. The van der Waals surface area contributed by atoms with E-state index in [4.69, 9.17) is 9.15 Å². The number of aromatic nitrogens is 1. The SMILES string of the molecule is COC(=O)c1ccc(COC(=O)c2cccnc2SC)o1. The first-order chi connectivity index (χ1) is 10.2. The lowest BCUT2D eigenvalue weighted by molar-refractivity contribution is 0.0433. The van der Waals surface area contributed by atoms with Crippen LogP contribution in [0.4, 0.5) is 0 Å². The monoisotopic (exact) mass is 307 g/mol. The fourth-order valence-electron chi connectivity index (χ4n) is 1.59. The Labute approximate surface area is 125 Å². The van der Waals surface area contributed by atoms with E-state index in [1.165, 1.54) is 24.9 Å². The Hall–Kier alpha value is -2.28. The van der Waals surface area contributed by atoms with Crippen LogP contribution in [0.5, 0.6) is 0 Å². The van der Waals surface area contributed by atoms with E-state index in [0.29, 0.717) is 16.3 Å². The summed E-state index contributed by atoms with van der Waals surface area (Å²) in [6.45, 7) is -0.0709. The van der Waals surface area contributed by atoms with E-state index in [1.54, 1.807) is 24.4 Å². The molecule has 0 aliphatic heterocycles. The van der Waals surface area contributed by atoms with Crippen LogP contribution in [0.1, 0.15) is 26.7 Å². The highest BCUT2D eigenvalue weighted by Gasteiger charge is 2.15. The van der Waals surface area contributed by atoms with E-state index >= 15 is 0 Å². The quantitative estimate of drug-likeness (QED) is 0.620. The number of hydrogen-bond donors (Lipinski definition) is 0. The minimum Gasteiger partial charge on any atom is -0.463 e. The summed E-state index contributed by atoms with van der Waals surface area (Å²) >= 11 is 1.36. The summed E-state index contributed by atoms with van der Waals surface area (Å²) < 4.78 is 14.9. The van der Waals surface area contributed by atoms with Crippen molar-refractivity contribution in [1.29, 1.82) is 0 Å². The van der Waals surface area contributed by atoms with Gasteiger partial charge in [-0.2, -0.15) is 0 Å². The van der Waals surface area contributed by atoms with Gasteiger partial charge in [-0.15, -0.1) is 11.8 Å². The van der Waals surface area contributed by atoms with Crippen molar-refractivity contribution in [2.24, 2.45) is 0 Å². The second-order valence-electron chi connectivity index (χ2n) is 3.89. The van der Waals surface area contributed by atoms with Gasteiger partial charge in [-0.05, 0) is 30.5 Å². The van der Waals surface area contributed by atoms with Crippen molar-refractivity contribution in [3.8, 4) is 0 Å². The molecule has 2 aromatic heterocycles. The number of hydrogen-bond acceptors (Lipinski definition) is 7. The number of esters is 2. The highest BCUT2D eigenvalue weighted by Crippen LogP contribution is 2.18. The van der Waals surface area contributed by atoms with E-state index in [2.05, 4.69) is 9.72 Å². The number of carbonyl (C=O) groups excluding carboxylic acids is 2. The van der Waals surface area contributed by atoms with E-state index in [1.807, 2.05) is 6.26 Å². The lowest BCUT2D eigenvalue weighted by Crippen LogP contribution is -2.07. The molecular formula is C14H13NO5S. The van der Waals surface area contributed by atoms with Gasteiger partial charge >= 0.3 is 11.9 Å². The van der Waals surface area contributed by atoms with Crippen LogP contribution in [0.25, 0.3) is 0 Å². The van der Waals surface area contributed by atoms with E-state index in [0.717, 1.165) is 0 Å². The van der Waals surface area contributed by atoms with Gasteiger partial charge in [0.1, 0.15) is 17.4 Å². The summed E-state index contributed by atoms with van der Waals surface area (Å²) in [7, 11) is 1.26. The average molecular weight is 307 g/mol. The summed E-state index contributed by atoms with van der Waals surface area (Å²) in [5.41, 5.74) is 0.393. The Morgan fingerprint density at radius 2 is 2.10 bits per heavy atom. The molecule has 110 valence electrons. The molecule has 0 amide bonds. The van der Waals surface area contributed by atoms with Gasteiger partial charge in [-0.3, -0.25) is 0 Å². The molecular weight excluding hydrogens is 294 g/mol. The molecule has 7 heteroatoms. The van der Waals surface area contributed by atoms with Crippen molar-refractivity contribution >= 4 is 23.7 Å². The molecule has 21 heavy (non-hydrogen) atoms.